The van der Waals surface area contributed by atoms with Gasteiger partial charge in [-0.2, -0.15) is 0 Å². The quantitative estimate of drug-likeness (QED) is 0.502. The standard InChI is InChI=1S/C28H28FN5O3/c1-18-13-33(17-30-18)24-10-5-20(12-25(24)37-2)11-23-26(36)34-27(31-23)32(14-19-3-4-19)15-28(34,16-35)21-6-8-22(29)9-7-21/h5-13,17,19,35H,3-4,14-16H2,1-2H3/b23-11-. The Kier molecular flexibility index (Phi) is 5.60. The molecule has 3 aliphatic rings. The minimum atomic E-state index is -1.03. The van der Waals surface area contributed by atoms with Gasteiger partial charge in [0.15, 0.2) is 0 Å². The van der Waals surface area contributed by atoms with Crippen LogP contribution in [0.1, 0.15) is 29.7 Å². The zero-order valence-electron chi connectivity index (χ0n) is 20.8. The second-order valence-electron chi connectivity index (χ2n) is 9.96. The molecule has 0 radical (unpaired) electrons. The molecule has 8 nitrogen and oxygen atoms in total. The molecule has 3 heterocycles. The number of nitrogens with zero attached hydrogens (tertiary/aromatic N) is 5. The summed E-state index contributed by atoms with van der Waals surface area (Å²) in [5.41, 5.74) is 2.42. The number of hydrogen-bond donors (Lipinski definition) is 1. The van der Waals surface area contributed by atoms with Crippen molar-refractivity contribution in [2.75, 3.05) is 26.8 Å². The van der Waals surface area contributed by atoms with Crippen molar-refractivity contribution >= 4 is 17.9 Å². The highest BCUT2D eigenvalue weighted by molar-refractivity contribution is 6.15. The minimum Gasteiger partial charge on any atom is -0.495 e. The molecule has 190 valence electrons. The fourth-order valence-electron chi connectivity index (χ4n) is 5.22. The minimum absolute atomic E-state index is 0.281. The number of aromatic nitrogens is 2. The van der Waals surface area contributed by atoms with Crippen LogP contribution in [0.3, 0.4) is 0 Å². The van der Waals surface area contributed by atoms with Crippen LogP contribution >= 0.6 is 0 Å². The maximum absolute atomic E-state index is 13.8. The van der Waals surface area contributed by atoms with Crippen molar-refractivity contribution in [2.45, 2.75) is 25.3 Å². The smallest absolute Gasteiger partial charge is 0.280 e. The highest BCUT2D eigenvalue weighted by Gasteiger charge is 2.56. The first-order chi connectivity index (χ1) is 17.9. The maximum Gasteiger partial charge on any atom is 0.280 e. The van der Waals surface area contributed by atoms with Crippen molar-refractivity contribution in [1.29, 1.82) is 0 Å². The van der Waals surface area contributed by atoms with Gasteiger partial charge in [0.25, 0.3) is 5.91 Å². The van der Waals surface area contributed by atoms with Crippen molar-refractivity contribution in [1.82, 2.24) is 19.4 Å². The number of carbonyl (C=O) groups is 1. The summed E-state index contributed by atoms with van der Waals surface area (Å²) >= 11 is 0. The van der Waals surface area contributed by atoms with Crippen molar-refractivity contribution in [2.24, 2.45) is 10.9 Å². The average Bonchev–Trinajstić information content (AvgIpc) is 3.40. The molecule has 1 saturated carbocycles. The van der Waals surface area contributed by atoms with Gasteiger partial charge in [0.1, 0.15) is 22.8 Å². The van der Waals surface area contributed by atoms with Crippen LogP contribution < -0.4 is 4.74 Å². The Balaban J connectivity index is 1.38. The van der Waals surface area contributed by atoms with Crippen LogP contribution in [-0.4, -0.2) is 63.1 Å². The number of aliphatic imine (C=N–C) groups is 1. The van der Waals surface area contributed by atoms with Gasteiger partial charge in [0.2, 0.25) is 5.96 Å². The molecule has 2 aromatic carbocycles. The van der Waals surface area contributed by atoms with Crippen LogP contribution in [-0.2, 0) is 10.3 Å². The number of aliphatic hydroxyl groups is 1. The van der Waals surface area contributed by atoms with Crippen LogP contribution in [0.4, 0.5) is 4.39 Å². The Morgan fingerprint density at radius 2 is 2.00 bits per heavy atom. The van der Waals surface area contributed by atoms with Crippen LogP contribution in [0.15, 0.2) is 65.7 Å². The van der Waals surface area contributed by atoms with Gasteiger partial charge in [0.05, 0.1) is 38.0 Å². The number of fused-ring (bicyclic) bond motifs is 1. The third kappa shape index (κ3) is 3.99. The lowest BCUT2D eigenvalue weighted by Crippen LogP contribution is -2.49. The molecule has 3 aromatic rings. The number of aryl methyl sites for hydroxylation is 1. The van der Waals surface area contributed by atoms with E-state index in [1.807, 2.05) is 35.9 Å². The van der Waals surface area contributed by atoms with E-state index < -0.39 is 5.54 Å². The van der Waals surface area contributed by atoms with Crippen LogP contribution in [0.2, 0.25) is 0 Å². The molecule has 1 unspecified atom stereocenters. The first-order valence-corrected chi connectivity index (χ1v) is 12.4. The van der Waals surface area contributed by atoms with Gasteiger partial charge >= 0.3 is 0 Å². The predicted octanol–water partition coefficient (Wildman–Crippen LogP) is 3.48. The third-order valence-electron chi connectivity index (χ3n) is 7.32. The third-order valence-corrected chi connectivity index (χ3v) is 7.32. The summed E-state index contributed by atoms with van der Waals surface area (Å²) in [5, 5.41) is 10.6. The summed E-state index contributed by atoms with van der Waals surface area (Å²) in [4.78, 5) is 26.5. The van der Waals surface area contributed by atoms with Gasteiger partial charge in [-0.1, -0.05) is 18.2 Å². The number of methoxy groups -OCH3 is 1. The number of hydrogen-bond acceptors (Lipinski definition) is 6. The normalized spacial score (nSPS) is 22.1. The molecule has 1 N–H and O–H groups in total. The zero-order valence-corrected chi connectivity index (χ0v) is 20.8. The average molecular weight is 502 g/mol. The van der Waals surface area contributed by atoms with Gasteiger partial charge in [-0.05, 0) is 67.2 Å². The number of carbonyl (C=O) groups excluding carboxylic acids is 1. The van der Waals surface area contributed by atoms with Gasteiger partial charge in [-0.15, -0.1) is 0 Å². The highest BCUT2D eigenvalue weighted by Crippen LogP contribution is 2.43. The van der Waals surface area contributed by atoms with Crippen LogP contribution in [0.25, 0.3) is 11.8 Å². The molecule has 1 aromatic heterocycles. The lowest BCUT2D eigenvalue weighted by molar-refractivity contribution is -0.127. The highest BCUT2D eigenvalue weighted by atomic mass is 19.1. The first-order valence-electron chi connectivity index (χ1n) is 12.4. The number of aliphatic hydroxyl groups excluding tert-OH is 1. The van der Waals surface area contributed by atoms with Gasteiger partial charge in [-0.25, -0.2) is 14.4 Å². The molecule has 9 heteroatoms. The molecular formula is C28H28FN5O3. The topological polar surface area (TPSA) is 83.2 Å². The monoisotopic (exact) mass is 501 g/mol. The summed E-state index contributed by atoms with van der Waals surface area (Å²) in [5.74, 6) is 1.07. The number of guanidine groups is 1. The SMILES string of the molecule is COc1cc(/C=C2\N=C3N(CC4CC4)CC(CO)(c4ccc(F)cc4)N3C2=O)ccc1-n1cnc(C)c1. The molecule has 1 atom stereocenters. The molecule has 2 fully saturated rings. The van der Waals surface area contributed by atoms with E-state index in [-0.39, 0.29) is 24.0 Å². The van der Waals surface area contributed by atoms with E-state index in [1.54, 1.807) is 36.5 Å². The molecule has 0 bridgehead atoms. The predicted molar refractivity (Wildman–Crippen MR) is 137 cm³/mol. The number of ether oxygens (including phenoxy) is 1. The van der Waals surface area contributed by atoms with Crippen molar-refractivity contribution in [3.05, 3.63) is 83.3 Å². The summed E-state index contributed by atoms with van der Waals surface area (Å²) in [6.07, 6.45) is 7.67. The Labute approximate surface area is 214 Å². The van der Waals surface area contributed by atoms with E-state index in [9.17, 15) is 14.3 Å². The number of halogens is 1. The van der Waals surface area contributed by atoms with E-state index in [0.29, 0.717) is 29.7 Å². The summed E-state index contributed by atoms with van der Waals surface area (Å²) in [6, 6.07) is 11.7. The molecule has 0 spiro atoms. The van der Waals surface area contributed by atoms with Crippen LogP contribution in [0.5, 0.6) is 5.75 Å². The lowest BCUT2D eigenvalue weighted by atomic mass is 9.89. The summed E-state index contributed by atoms with van der Waals surface area (Å²) < 4.78 is 21.2. The fraction of sp³-hybridized carbons (Fsp3) is 0.321. The van der Waals surface area contributed by atoms with Gasteiger partial charge < -0.3 is 19.3 Å². The van der Waals surface area contributed by atoms with Crippen molar-refractivity contribution in [3.63, 3.8) is 0 Å². The molecule has 37 heavy (non-hydrogen) atoms. The van der Waals surface area contributed by atoms with E-state index in [0.717, 1.165) is 36.3 Å². The molecule has 1 aliphatic carbocycles. The number of imidazole rings is 1. The molecular weight excluding hydrogens is 473 g/mol. The van der Waals surface area contributed by atoms with E-state index in [4.69, 9.17) is 9.73 Å². The zero-order chi connectivity index (χ0) is 25.7. The largest absolute Gasteiger partial charge is 0.495 e. The maximum atomic E-state index is 13.8. The van der Waals surface area contributed by atoms with Crippen molar-refractivity contribution < 1.29 is 19.0 Å². The summed E-state index contributed by atoms with van der Waals surface area (Å²) in [7, 11) is 1.60. The molecule has 2 aliphatic heterocycles. The Morgan fingerprint density at radius 1 is 1.22 bits per heavy atom. The second-order valence-corrected chi connectivity index (χ2v) is 9.96. The second kappa shape index (κ2) is 8.85. The van der Waals surface area contributed by atoms with Gasteiger partial charge in [-0.3, -0.25) is 9.69 Å². The van der Waals surface area contributed by atoms with E-state index in [1.165, 1.54) is 12.1 Å². The Hall–Kier alpha value is -3.98. The van der Waals surface area contributed by atoms with E-state index in [2.05, 4.69) is 9.88 Å². The molecule has 1 saturated heterocycles. The number of rotatable bonds is 7. The molecule has 6 rings (SSSR count). The molecule has 1 amide bonds. The number of amides is 1. The Morgan fingerprint density at radius 3 is 2.65 bits per heavy atom. The number of benzene rings is 2. The lowest BCUT2D eigenvalue weighted by Gasteiger charge is -2.33. The summed E-state index contributed by atoms with van der Waals surface area (Å²) in [6.45, 7) is 2.80. The first kappa shape index (κ1) is 23.4. The Bertz CT molecular complexity index is 1430. The van der Waals surface area contributed by atoms with Crippen LogP contribution in [0, 0.1) is 18.7 Å². The van der Waals surface area contributed by atoms with Crippen molar-refractivity contribution in [3.8, 4) is 11.4 Å². The van der Waals surface area contributed by atoms with E-state index >= 15 is 0 Å². The van der Waals surface area contributed by atoms with Gasteiger partial charge in [0, 0.05) is 12.7 Å². The fourth-order valence-corrected chi connectivity index (χ4v) is 5.22.